The minimum Gasteiger partial charge on any atom is -0.488 e. The number of benzene rings is 1. The summed E-state index contributed by atoms with van der Waals surface area (Å²) in [6, 6.07) is 15.0. The largest absolute Gasteiger partial charge is 0.488 e. The van der Waals surface area contributed by atoms with Gasteiger partial charge in [-0.2, -0.15) is 0 Å². The van der Waals surface area contributed by atoms with E-state index in [0.717, 1.165) is 18.4 Å². The third-order valence-corrected chi connectivity index (χ3v) is 3.91. The molecule has 0 fully saturated rings. The number of aryl methyl sites for hydroxylation is 1. The second-order valence-corrected chi connectivity index (χ2v) is 5.96. The normalized spacial score (nSPS) is 11.8. The van der Waals surface area contributed by atoms with E-state index in [2.05, 4.69) is 9.97 Å². The lowest BCUT2D eigenvalue weighted by Crippen LogP contribution is -2.02. The predicted octanol–water partition coefficient (Wildman–Crippen LogP) is 4.33. The highest BCUT2D eigenvalue weighted by molar-refractivity contribution is 5.38. The van der Waals surface area contributed by atoms with Crippen molar-refractivity contribution in [2.75, 3.05) is 6.61 Å². The molecule has 0 saturated carbocycles. The molecule has 26 heavy (non-hydrogen) atoms. The first-order valence-corrected chi connectivity index (χ1v) is 8.65. The van der Waals surface area contributed by atoms with E-state index < -0.39 is 6.10 Å². The topological polar surface area (TPSA) is 64.5 Å². The van der Waals surface area contributed by atoms with E-state index in [1.165, 1.54) is 5.56 Å². The van der Waals surface area contributed by atoms with Gasteiger partial charge in [-0.3, -0.25) is 4.98 Å². The lowest BCUT2D eigenvalue weighted by atomic mass is 10.1. The molecular weight excluding hydrogens is 328 g/mol. The molecule has 1 unspecified atom stereocenters. The highest BCUT2D eigenvalue weighted by atomic mass is 16.5. The molecule has 0 saturated heterocycles. The van der Waals surface area contributed by atoms with E-state index in [9.17, 15) is 5.11 Å². The van der Waals surface area contributed by atoms with Crippen LogP contribution in [0.2, 0.25) is 0 Å². The van der Waals surface area contributed by atoms with Crippen LogP contribution in [0.25, 0.3) is 0 Å². The van der Waals surface area contributed by atoms with E-state index >= 15 is 0 Å². The van der Waals surface area contributed by atoms with Crippen molar-refractivity contribution in [1.29, 1.82) is 0 Å². The maximum atomic E-state index is 9.71. The highest BCUT2D eigenvalue weighted by Crippen LogP contribution is 2.30. The second kappa shape index (κ2) is 8.97. The van der Waals surface area contributed by atoms with Crippen LogP contribution in [0.1, 0.15) is 30.6 Å². The van der Waals surface area contributed by atoms with Gasteiger partial charge in [0.25, 0.3) is 5.88 Å². The Hall–Kier alpha value is -2.92. The first-order chi connectivity index (χ1) is 12.7. The average molecular weight is 350 g/mol. The molecule has 5 heteroatoms. The maximum Gasteiger partial charge on any atom is 0.262 e. The number of hydrogen-bond donors (Lipinski definition) is 1. The Kier molecular flexibility index (Phi) is 6.17. The van der Waals surface area contributed by atoms with Crippen LogP contribution >= 0.6 is 0 Å². The van der Waals surface area contributed by atoms with E-state index in [4.69, 9.17) is 9.47 Å². The minimum absolute atomic E-state index is 0.416. The molecule has 0 amide bonds. The van der Waals surface area contributed by atoms with E-state index in [1.54, 1.807) is 31.6 Å². The monoisotopic (exact) mass is 350 g/mol. The summed E-state index contributed by atoms with van der Waals surface area (Å²) in [7, 11) is 0. The minimum atomic E-state index is -0.550. The fraction of sp³-hybridized carbons (Fsp3) is 0.238. The van der Waals surface area contributed by atoms with Crippen LogP contribution in [-0.4, -0.2) is 21.7 Å². The lowest BCUT2D eigenvalue weighted by molar-refractivity contribution is 0.199. The summed E-state index contributed by atoms with van der Waals surface area (Å²) in [5, 5.41) is 9.71. The molecule has 3 aromatic rings. The number of aliphatic hydroxyl groups excluding tert-OH is 1. The number of ether oxygens (including phenoxy) is 2. The van der Waals surface area contributed by atoms with Gasteiger partial charge in [0.15, 0.2) is 5.75 Å². The highest BCUT2D eigenvalue weighted by Gasteiger charge is 2.09. The van der Waals surface area contributed by atoms with E-state index in [1.807, 2.05) is 42.5 Å². The van der Waals surface area contributed by atoms with Gasteiger partial charge < -0.3 is 14.6 Å². The van der Waals surface area contributed by atoms with Crippen molar-refractivity contribution in [3.8, 4) is 17.4 Å². The van der Waals surface area contributed by atoms with Gasteiger partial charge in [0.05, 0.1) is 12.7 Å². The van der Waals surface area contributed by atoms with Gasteiger partial charge in [0.1, 0.15) is 5.75 Å². The fourth-order valence-electron chi connectivity index (χ4n) is 2.52. The van der Waals surface area contributed by atoms with Gasteiger partial charge >= 0.3 is 0 Å². The van der Waals surface area contributed by atoms with Crippen LogP contribution < -0.4 is 9.47 Å². The Bertz CT molecular complexity index is 822. The van der Waals surface area contributed by atoms with Gasteiger partial charge in [0, 0.05) is 18.6 Å². The molecule has 0 spiro atoms. The molecule has 0 aliphatic rings. The molecule has 134 valence electrons. The summed E-state index contributed by atoms with van der Waals surface area (Å²) in [6.07, 6.45) is 6.52. The van der Waals surface area contributed by atoms with Crippen molar-refractivity contribution in [3.05, 3.63) is 78.2 Å². The zero-order valence-electron chi connectivity index (χ0n) is 14.7. The Morgan fingerprint density at radius 1 is 1.04 bits per heavy atom. The van der Waals surface area contributed by atoms with E-state index in [0.29, 0.717) is 24.0 Å². The zero-order chi connectivity index (χ0) is 18.2. The Morgan fingerprint density at radius 3 is 2.69 bits per heavy atom. The Morgan fingerprint density at radius 2 is 1.88 bits per heavy atom. The third kappa shape index (κ3) is 5.04. The molecular formula is C21H22N2O3. The van der Waals surface area contributed by atoms with Gasteiger partial charge in [-0.25, -0.2) is 4.98 Å². The molecule has 1 N–H and O–H groups in total. The summed E-state index contributed by atoms with van der Waals surface area (Å²) in [6.45, 7) is 2.29. The molecule has 2 aromatic heterocycles. The molecule has 5 nitrogen and oxygen atoms in total. The molecule has 0 radical (unpaired) electrons. The van der Waals surface area contributed by atoms with Crippen LogP contribution in [0.4, 0.5) is 0 Å². The zero-order valence-corrected chi connectivity index (χ0v) is 14.7. The maximum absolute atomic E-state index is 9.71. The molecule has 1 atom stereocenters. The Balaban J connectivity index is 1.60. The number of pyridine rings is 2. The Labute approximate surface area is 153 Å². The smallest absolute Gasteiger partial charge is 0.262 e. The molecule has 0 bridgehead atoms. The fourth-order valence-corrected chi connectivity index (χ4v) is 2.52. The van der Waals surface area contributed by atoms with Crippen LogP contribution in [0.3, 0.4) is 0 Å². The lowest BCUT2D eigenvalue weighted by Gasteiger charge is -2.12. The van der Waals surface area contributed by atoms with Crippen molar-refractivity contribution in [2.24, 2.45) is 0 Å². The number of aromatic nitrogens is 2. The summed E-state index contributed by atoms with van der Waals surface area (Å²) < 4.78 is 11.7. The number of nitrogens with zero attached hydrogens (tertiary/aromatic N) is 2. The van der Waals surface area contributed by atoms with Gasteiger partial charge in [-0.05, 0) is 67.3 Å². The number of rotatable bonds is 8. The summed E-state index contributed by atoms with van der Waals surface area (Å²) in [5.74, 6) is 1.63. The summed E-state index contributed by atoms with van der Waals surface area (Å²) in [5.41, 5.74) is 2.03. The predicted molar refractivity (Wildman–Crippen MR) is 99.4 cm³/mol. The van der Waals surface area contributed by atoms with Crippen molar-refractivity contribution >= 4 is 0 Å². The van der Waals surface area contributed by atoms with Gasteiger partial charge in [0.2, 0.25) is 0 Å². The number of hydrogen-bond acceptors (Lipinski definition) is 5. The first-order valence-electron chi connectivity index (χ1n) is 8.65. The quantitative estimate of drug-likeness (QED) is 0.613. The van der Waals surface area contributed by atoms with Crippen LogP contribution in [0.5, 0.6) is 17.4 Å². The number of aliphatic hydroxyl groups is 1. The third-order valence-electron chi connectivity index (χ3n) is 3.91. The van der Waals surface area contributed by atoms with Crippen LogP contribution in [0.15, 0.2) is 67.1 Å². The van der Waals surface area contributed by atoms with Gasteiger partial charge in [-0.1, -0.05) is 12.1 Å². The standard InChI is InChI=1S/C21H22N2O3/c1-16(24)18-6-2-7-19(15-18)26-21-20(8-3-11-23-21)25-14-4-5-17-9-12-22-13-10-17/h2-3,6-13,15-16,24H,4-5,14H2,1H3. The molecule has 0 aliphatic carbocycles. The van der Waals surface area contributed by atoms with Gasteiger partial charge in [-0.15, -0.1) is 0 Å². The van der Waals surface area contributed by atoms with Crippen molar-refractivity contribution < 1.29 is 14.6 Å². The second-order valence-electron chi connectivity index (χ2n) is 5.96. The average Bonchev–Trinajstić information content (AvgIpc) is 2.67. The SMILES string of the molecule is CC(O)c1cccc(Oc2ncccc2OCCCc2ccncc2)c1. The molecule has 1 aromatic carbocycles. The first kappa shape index (κ1) is 17.9. The van der Waals surface area contributed by atoms with Crippen LogP contribution in [-0.2, 0) is 6.42 Å². The summed E-state index contributed by atoms with van der Waals surface area (Å²) >= 11 is 0. The van der Waals surface area contributed by atoms with Crippen molar-refractivity contribution in [1.82, 2.24) is 9.97 Å². The van der Waals surface area contributed by atoms with Crippen molar-refractivity contribution in [2.45, 2.75) is 25.9 Å². The van der Waals surface area contributed by atoms with E-state index in [-0.39, 0.29) is 0 Å². The molecule has 2 heterocycles. The molecule has 3 rings (SSSR count). The van der Waals surface area contributed by atoms with Crippen LogP contribution in [0, 0.1) is 0 Å². The summed E-state index contributed by atoms with van der Waals surface area (Å²) in [4.78, 5) is 8.29. The molecule has 0 aliphatic heterocycles. The van der Waals surface area contributed by atoms with Crippen molar-refractivity contribution in [3.63, 3.8) is 0 Å².